The van der Waals surface area contributed by atoms with Crippen LogP contribution in [-0.2, 0) is 4.79 Å². The molecule has 3 rings (SSSR count). The minimum atomic E-state index is -0.0812. The van der Waals surface area contributed by atoms with Gasteiger partial charge in [0.05, 0.1) is 6.26 Å². The molecule has 0 spiro atoms. The average Bonchev–Trinajstić information content (AvgIpc) is 3.19. The van der Waals surface area contributed by atoms with Crippen LogP contribution in [0.2, 0.25) is 0 Å². The third kappa shape index (κ3) is 4.79. The van der Waals surface area contributed by atoms with E-state index in [0.29, 0.717) is 36.9 Å². The van der Waals surface area contributed by atoms with Crippen molar-refractivity contribution in [3.63, 3.8) is 0 Å². The lowest BCUT2D eigenvalue weighted by atomic mass is 9.96. The Kier molecular flexibility index (Phi) is 5.61. The van der Waals surface area contributed by atoms with Crippen LogP contribution in [0, 0.1) is 5.92 Å². The highest BCUT2D eigenvalue weighted by molar-refractivity contribution is 5.94. The maximum Gasteiger partial charge on any atom is 0.251 e. The Labute approximate surface area is 146 Å². The van der Waals surface area contributed by atoms with E-state index in [2.05, 4.69) is 10.3 Å². The normalized spacial score (nSPS) is 15.4. The van der Waals surface area contributed by atoms with Gasteiger partial charge in [0, 0.05) is 43.7 Å². The van der Waals surface area contributed by atoms with Crippen LogP contribution in [0.1, 0.15) is 29.0 Å². The number of aromatic nitrogens is 1. The number of pyridine rings is 1. The highest BCUT2D eigenvalue weighted by atomic mass is 16.3. The van der Waals surface area contributed by atoms with E-state index < -0.39 is 0 Å². The molecule has 2 amide bonds. The maximum atomic E-state index is 12.2. The van der Waals surface area contributed by atoms with Crippen molar-refractivity contribution in [3.8, 4) is 0 Å². The summed E-state index contributed by atoms with van der Waals surface area (Å²) in [5.41, 5.74) is 0.616. The molecule has 130 valence electrons. The van der Waals surface area contributed by atoms with Crippen LogP contribution in [0.5, 0.6) is 0 Å². The van der Waals surface area contributed by atoms with Gasteiger partial charge in [0.2, 0.25) is 5.91 Å². The number of piperidine rings is 1. The van der Waals surface area contributed by atoms with Crippen molar-refractivity contribution < 1.29 is 14.0 Å². The smallest absolute Gasteiger partial charge is 0.251 e. The van der Waals surface area contributed by atoms with Crippen molar-refractivity contribution in [1.29, 1.82) is 0 Å². The van der Waals surface area contributed by atoms with Crippen molar-refractivity contribution in [2.24, 2.45) is 5.92 Å². The molecular formula is C19H21N3O3. The minimum Gasteiger partial charge on any atom is -0.465 e. The molecule has 1 aliphatic heterocycles. The van der Waals surface area contributed by atoms with Gasteiger partial charge in [0.25, 0.3) is 5.91 Å². The molecule has 0 saturated carbocycles. The summed E-state index contributed by atoms with van der Waals surface area (Å²) in [6.07, 6.45) is 9.79. The number of amides is 2. The fourth-order valence-corrected chi connectivity index (χ4v) is 2.84. The number of carbonyl (C=O) groups is 2. The van der Waals surface area contributed by atoms with Gasteiger partial charge >= 0.3 is 0 Å². The standard InChI is InChI=1S/C19H21N3O3/c23-18(4-3-17-2-1-13-25-17)22-11-7-15(8-12-22)14-21-19(24)16-5-9-20-10-6-16/h1-6,9-10,13,15H,7-8,11-12,14H2,(H,21,24). The number of nitrogens with zero attached hydrogens (tertiary/aromatic N) is 2. The Morgan fingerprint density at radius 2 is 2.00 bits per heavy atom. The third-order valence-corrected chi connectivity index (χ3v) is 4.35. The second-order valence-corrected chi connectivity index (χ2v) is 6.06. The molecule has 1 aliphatic rings. The number of rotatable bonds is 5. The molecule has 25 heavy (non-hydrogen) atoms. The van der Waals surface area contributed by atoms with Gasteiger partial charge in [-0.15, -0.1) is 0 Å². The van der Waals surface area contributed by atoms with Gasteiger partial charge in [-0.1, -0.05) is 0 Å². The quantitative estimate of drug-likeness (QED) is 0.849. The van der Waals surface area contributed by atoms with Gasteiger partial charge in [-0.25, -0.2) is 0 Å². The fourth-order valence-electron chi connectivity index (χ4n) is 2.84. The topological polar surface area (TPSA) is 75.4 Å². The number of furan rings is 1. The van der Waals surface area contributed by atoms with Crippen molar-refractivity contribution in [2.75, 3.05) is 19.6 Å². The van der Waals surface area contributed by atoms with E-state index in [1.807, 2.05) is 11.0 Å². The fraction of sp³-hybridized carbons (Fsp3) is 0.316. The van der Waals surface area contributed by atoms with Crippen LogP contribution >= 0.6 is 0 Å². The molecule has 0 atom stereocenters. The highest BCUT2D eigenvalue weighted by Crippen LogP contribution is 2.17. The monoisotopic (exact) mass is 339 g/mol. The van der Waals surface area contributed by atoms with Gasteiger partial charge in [0.15, 0.2) is 0 Å². The summed E-state index contributed by atoms with van der Waals surface area (Å²) < 4.78 is 5.18. The first-order chi connectivity index (χ1) is 12.2. The Morgan fingerprint density at radius 3 is 2.68 bits per heavy atom. The predicted molar refractivity (Wildman–Crippen MR) is 93.6 cm³/mol. The van der Waals surface area contributed by atoms with Crippen molar-refractivity contribution >= 4 is 17.9 Å². The number of hydrogen-bond acceptors (Lipinski definition) is 4. The summed E-state index contributed by atoms with van der Waals surface area (Å²) in [4.78, 5) is 29.9. The summed E-state index contributed by atoms with van der Waals surface area (Å²) in [6, 6.07) is 6.99. The number of hydrogen-bond donors (Lipinski definition) is 1. The second-order valence-electron chi connectivity index (χ2n) is 6.06. The third-order valence-electron chi connectivity index (χ3n) is 4.35. The van der Waals surface area contributed by atoms with Gasteiger partial charge in [-0.05, 0) is 49.1 Å². The molecule has 0 aliphatic carbocycles. The Bertz CT molecular complexity index is 718. The Hall–Kier alpha value is -2.89. The molecule has 6 heteroatoms. The molecular weight excluding hydrogens is 318 g/mol. The zero-order valence-corrected chi connectivity index (χ0v) is 13.9. The average molecular weight is 339 g/mol. The van der Waals surface area contributed by atoms with E-state index in [-0.39, 0.29) is 11.8 Å². The molecule has 0 aromatic carbocycles. The zero-order chi connectivity index (χ0) is 17.5. The van der Waals surface area contributed by atoms with Crippen molar-refractivity contribution in [2.45, 2.75) is 12.8 Å². The number of carbonyl (C=O) groups excluding carboxylic acids is 2. The molecule has 6 nitrogen and oxygen atoms in total. The van der Waals surface area contributed by atoms with E-state index in [0.717, 1.165) is 12.8 Å². The van der Waals surface area contributed by atoms with Gasteiger partial charge in [-0.3, -0.25) is 14.6 Å². The first kappa shape index (κ1) is 17.0. The molecule has 1 fully saturated rings. The molecule has 0 bridgehead atoms. The van der Waals surface area contributed by atoms with Gasteiger partial charge in [0.1, 0.15) is 5.76 Å². The summed E-state index contributed by atoms with van der Waals surface area (Å²) in [7, 11) is 0. The maximum absolute atomic E-state index is 12.2. The SMILES string of the molecule is O=C(NCC1CCN(C(=O)C=Cc2ccco2)CC1)c1ccncc1. The highest BCUT2D eigenvalue weighted by Gasteiger charge is 2.22. The molecule has 1 N–H and O–H groups in total. The molecule has 1 saturated heterocycles. The molecule has 2 aromatic heterocycles. The van der Waals surface area contributed by atoms with E-state index in [9.17, 15) is 9.59 Å². The van der Waals surface area contributed by atoms with Crippen molar-refractivity contribution in [3.05, 3.63) is 60.3 Å². The Balaban J connectivity index is 1.41. The predicted octanol–water partition coefficient (Wildman–Crippen LogP) is 2.36. The first-order valence-corrected chi connectivity index (χ1v) is 8.41. The molecule has 0 unspecified atom stereocenters. The zero-order valence-electron chi connectivity index (χ0n) is 13.9. The van der Waals surface area contributed by atoms with Crippen LogP contribution in [0.25, 0.3) is 6.08 Å². The van der Waals surface area contributed by atoms with Crippen LogP contribution in [0.3, 0.4) is 0 Å². The summed E-state index contributed by atoms with van der Waals surface area (Å²) in [5, 5.41) is 2.96. The van der Waals surface area contributed by atoms with E-state index >= 15 is 0 Å². The number of likely N-dealkylation sites (tertiary alicyclic amines) is 1. The molecule has 2 aromatic rings. The van der Waals surface area contributed by atoms with Crippen LogP contribution < -0.4 is 5.32 Å². The largest absolute Gasteiger partial charge is 0.465 e. The Morgan fingerprint density at radius 1 is 1.24 bits per heavy atom. The lowest BCUT2D eigenvalue weighted by Gasteiger charge is -2.31. The van der Waals surface area contributed by atoms with Crippen LogP contribution in [-0.4, -0.2) is 41.3 Å². The summed E-state index contributed by atoms with van der Waals surface area (Å²) in [5.74, 6) is 0.976. The van der Waals surface area contributed by atoms with E-state index in [4.69, 9.17) is 4.42 Å². The van der Waals surface area contributed by atoms with Crippen LogP contribution in [0.15, 0.2) is 53.4 Å². The molecule has 0 radical (unpaired) electrons. The summed E-state index contributed by atoms with van der Waals surface area (Å²) >= 11 is 0. The minimum absolute atomic E-state index is 0.00401. The molecule has 3 heterocycles. The second kappa shape index (κ2) is 8.28. The van der Waals surface area contributed by atoms with Gasteiger partial charge in [-0.2, -0.15) is 0 Å². The van der Waals surface area contributed by atoms with Crippen LogP contribution in [0.4, 0.5) is 0 Å². The first-order valence-electron chi connectivity index (χ1n) is 8.41. The van der Waals surface area contributed by atoms with Gasteiger partial charge < -0.3 is 14.6 Å². The lowest BCUT2D eigenvalue weighted by molar-refractivity contribution is -0.127. The summed E-state index contributed by atoms with van der Waals surface area (Å²) in [6.45, 7) is 2.04. The lowest BCUT2D eigenvalue weighted by Crippen LogP contribution is -2.40. The van der Waals surface area contributed by atoms with Crippen molar-refractivity contribution in [1.82, 2.24) is 15.2 Å². The van der Waals surface area contributed by atoms with E-state index in [1.54, 1.807) is 49.0 Å². The number of nitrogens with one attached hydrogen (secondary N) is 1. The van der Waals surface area contributed by atoms with E-state index in [1.165, 1.54) is 0 Å².